The van der Waals surface area contributed by atoms with Crippen molar-refractivity contribution in [3.8, 4) is 22.8 Å². The lowest BCUT2D eigenvalue weighted by molar-refractivity contribution is -0.254. The van der Waals surface area contributed by atoms with Gasteiger partial charge in [-0.05, 0) is 48.5 Å². The SMILES string of the molecule is O=C([O-])c1cc(-c2ccc(-c3ccccc3F)o2)nc2ccc(F)cc12. The first-order valence-electron chi connectivity index (χ1n) is 7.70. The summed E-state index contributed by atoms with van der Waals surface area (Å²) >= 11 is 0. The van der Waals surface area contributed by atoms with Crippen LogP contribution in [-0.4, -0.2) is 11.0 Å². The average molecular weight is 350 g/mol. The monoisotopic (exact) mass is 350 g/mol. The Morgan fingerprint density at radius 3 is 2.50 bits per heavy atom. The number of furan rings is 1. The second-order valence-corrected chi connectivity index (χ2v) is 5.65. The highest BCUT2D eigenvalue weighted by molar-refractivity contribution is 6.02. The van der Waals surface area contributed by atoms with Crippen LogP contribution in [0.4, 0.5) is 8.78 Å². The lowest BCUT2D eigenvalue weighted by Gasteiger charge is -2.09. The van der Waals surface area contributed by atoms with E-state index in [1.165, 1.54) is 24.3 Å². The zero-order valence-electron chi connectivity index (χ0n) is 13.2. The van der Waals surface area contributed by atoms with E-state index < -0.39 is 17.6 Å². The number of benzene rings is 2. The Balaban J connectivity index is 1.86. The topological polar surface area (TPSA) is 66.2 Å². The van der Waals surface area contributed by atoms with E-state index in [0.29, 0.717) is 0 Å². The number of hydrogen-bond donors (Lipinski definition) is 0. The number of carbonyl (C=O) groups is 1. The quantitative estimate of drug-likeness (QED) is 0.564. The van der Waals surface area contributed by atoms with Gasteiger partial charge in [-0.15, -0.1) is 0 Å². The van der Waals surface area contributed by atoms with E-state index in [-0.39, 0.29) is 39.2 Å². The molecule has 0 aliphatic heterocycles. The Morgan fingerprint density at radius 1 is 0.962 bits per heavy atom. The molecule has 26 heavy (non-hydrogen) atoms. The zero-order valence-corrected chi connectivity index (χ0v) is 13.2. The molecule has 4 aromatic rings. The molecule has 0 unspecified atom stereocenters. The Morgan fingerprint density at radius 2 is 1.73 bits per heavy atom. The normalized spacial score (nSPS) is 11.0. The lowest BCUT2D eigenvalue weighted by atomic mass is 10.1. The van der Waals surface area contributed by atoms with Gasteiger partial charge in [-0.3, -0.25) is 0 Å². The average Bonchev–Trinajstić information content (AvgIpc) is 3.11. The Hall–Kier alpha value is -3.54. The van der Waals surface area contributed by atoms with Crippen molar-refractivity contribution in [1.82, 2.24) is 4.98 Å². The van der Waals surface area contributed by atoms with E-state index >= 15 is 0 Å². The van der Waals surface area contributed by atoms with E-state index in [9.17, 15) is 18.7 Å². The maximum Gasteiger partial charge on any atom is 0.153 e. The number of pyridine rings is 1. The van der Waals surface area contributed by atoms with E-state index in [0.717, 1.165) is 6.07 Å². The van der Waals surface area contributed by atoms with Crippen molar-refractivity contribution in [2.45, 2.75) is 0 Å². The number of carboxylic acid groups (broad SMARTS) is 1. The van der Waals surface area contributed by atoms with Crippen LogP contribution in [0.25, 0.3) is 33.7 Å². The standard InChI is InChI=1S/C20H11F2NO3/c21-11-5-6-16-13(9-11)14(20(24)25)10-17(23-16)19-8-7-18(26-19)12-3-1-2-4-15(12)22/h1-10H,(H,24,25)/p-1. The molecule has 0 atom stereocenters. The van der Waals surface area contributed by atoms with Gasteiger partial charge in [0.05, 0.1) is 17.0 Å². The van der Waals surface area contributed by atoms with Gasteiger partial charge in [0, 0.05) is 10.9 Å². The molecule has 0 saturated carbocycles. The molecule has 6 heteroatoms. The first kappa shape index (κ1) is 16.0. The van der Waals surface area contributed by atoms with Crippen molar-refractivity contribution >= 4 is 16.9 Å². The molecule has 0 radical (unpaired) electrons. The first-order chi connectivity index (χ1) is 12.5. The van der Waals surface area contributed by atoms with Crippen LogP contribution in [-0.2, 0) is 0 Å². The van der Waals surface area contributed by atoms with E-state index in [2.05, 4.69) is 4.98 Å². The highest BCUT2D eigenvalue weighted by atomic mass is 19.1. The third-order valence-electron chi connectivity index (χ3n) is 3.99. The van der Waals surface area contributed by atoms with E-state index in [1.807, 2.05) is 0 Å². The second kappa shape index (κ2) is 6.07. The van der Waals surface area contributed by atoms with Gasteiger partial charge in [0.2, 0.25) is 0 Å². The summed E-state index contributed by atoms with van der Waals surface area (Å²) < 4.78 is 33.0. The van der Waals surface area contributed by atoms with Crippen LogP contribution < -0.4 is 5.11 Å². The van der Waals surface area contributed by atoms with Gasteiger partial charge in [-0.2, -0.15) is 0 Å². The fraction of sp³-hybridized carbons (Fsp3) is 0. The highest BCUT2D eigenvalue weighted by Crippen LogP contribution is 2.31. The number of fused-ring (bicyclic) bond motifs is 1. The molecule has 0 saturated heterocycles. The molecule has 128 valence electrons. The van der Waals surface area contributed by atoms with Crippen LogP contribution in [0.2, 0.25) is 0 Å². The van der Waals surface area contributed by atoms with Gasteiger partial charge in [-0.1, -0.05) is 12.1 Å². The molecule has 0 bridgehead atoms. The maximum absolute atomic E-state index is 13.9. The van der Waals surface area contributed by atoms with Gasteiger partial charge in [0.25, 0.3) is 0 Å². The summed E-state index contributed by atoms with van der Waals surface area (Å²) in [7, 11) is 0. The fourth-order valence-electron chi connectivity index (χ4n) is 2.77. The minimum absolute atomic E-state index is 0.134. The molecule has 0 N–H and O–H groups in total. The number of nitrogens with zero attached hydrogens (tertiary/aromatic N) is 1. The predicted octanol–water partition coefficient (Wildman–Crippen LogP) is 3.80. The van der Waals surface area contributed by atoms with Crippen LogP contribution in [0.5, 0.6) is 0 Å². The molecule has 0 aliphatic carbocycles. The van der Waals surface area contributed by atoms with E-state index in [1.54, 1.807) is 30.3 Å². The summed E-state index contributed by atoms with van der Waals surface area (Å²) in [6.07, 6.45) is 0. The molecule has 0 fully saturated rings. The molecular formula is C20H10F2NO3-. The van der Waals surface area contributed by atoms with Crippen LogP contribution >= 0.6 is 0 Å². The number of carbonyl (C=O) groups excluding carboxylic acids is 1. The zero-order chi connectivity index (χ0) is 18.3. The van der Waals surface area contributed by atoms with Crippen molar-refractivity contribution in [3.05, 3.63) is 77.9 Å². The van der Waals surface area contributed by atoms with Gasteiger partial charge >= 0.3 is 0 Å². The number of halogens is 2. The minimum Gasteiger partial charge on any atom is -0.545 e. The van der Waals surface area contributed by atoms with Crippen molar-refractivity contribution in [2.24, 2.45) is 0 Å². The molecule has 4 nitrogen and oxygen atoms in total. The number of hydrogen-bond acceptors (Lipinski definition) is 4. The summed E-state index contributed by atoms with van der Waals surface area (Å²) in [6.45, 7) is 0. The Labute approximate surface area is 146 Å². The van der Waals surface area contributed by atoms with Crippen molar-refractivity contribution < 1.29 is 23.1 Å². The van der Waals surface area contributed by atoms with Crippen molar-refractivity contribution in [3.63, 3.8) is 0 Å². The number of carboxylic acids is 1. The summed E-state index contributed by atoms with van der Waals surface area (Å²) in [5.74, 6) is -1.92. The molecule has 2 aromatic heterocycles. The van der Waals surface area contributed by atoms with Crippen LogP contribution in [0.15, 0.2) is 65.1 Å². The minimum atomic E-state index is -1.45. The summed E-state index contributed by atoms with van der Waals surface area (Å²) in [4.78, 5) is 15.8. The maximum atomic E-state index is 13.9. The smallest absolute Gasteiger partial charge is 0.153 e. The number of aromatic carboxylic acids is 1. The Kier molecular flexibility index (Phi) is 3.73. The van der Waals surface area contributed by atoms with Gasteiger partial charge < -0.3 is 14.3 Å². The van der Waals surface area contributed by atoms with Crippen LogP contribution in [0.1, 0.15) is 10.4 Å². The summed E-state index contributed by atoms with van der Waals surface area (Å²) in [5.41, 5.74) is 0.591. The van der Waals surface area contributed by atoms with Gasteiger partial charge in [0.1, 0.15) is 23.1 Å². The number of rotatable bonds is 3. The van der Waals surface area contributed by atoms with Crippen LogP contribution in [0, 0.1) is 11.6 Å². The Bertz CT molecular complexity index is 1150. The molecule has 2 heterocycles. The van der Waals surface area contributed by atoms with Gasteiger partial charge in [0.15, 0.2) is 5.76 Å². The molecule has 0 spiro atoms. The molecule has 2 aromatic carbocycles. The van der Waals surface area contributed by atoms with Crippen LogP contribution in [0.3, 0.4) is 0 Å². The fourth-order valence-corrected chi connectivity index (χ4v) is 2.77. The predicted molar refractivity (Wildman–Crippen MR) is 89.1 cm³/mol. The molecule has 0 aliphatic rings. The second-order valence-electron chi connectivity index (χ2n) is 5.65. The third-order valence-corrected chi connectivity index (χ3v) is 3.99. The van der Waals surface area contributed by atoms with E-state index in [4.69, 9.17) is 4.42 Å². The summed E-state index contributed by atoms with van der Waals surface area (Å²) in [5, 5.41) is 11.6. The lowest BCUT2D eigenvalue weighted by Crippen LogP contribution is -2.22. The molecule has 0 amide bonds. The third kappa shape index (κ3) is 2.71. The first-order valence-corrected chi connectivity index (χ1v) is 7.70. The molecule has 4 rings (SSSR count). The van der Waals surface area contributed by atoms with Crippen molar-refractivity contribution in [1.29, 1.82) is 0 Å². The number of aromatic nitrogens is 1. The summed E-state index contributed by atoms with van der Waals surface area (Å²) in [6, 6.07) is 14.2. The van der Waals surface area contributed by atoms with Gasteiger partial charge in [-0.25, -0.2) is 13.8 Å². The molecular weight excluding hydrogens is 340 g/mol. The van der Waals surface area contributed by atoms with Crippen molar-refractivity contribution in [2.75, 3.05) is 0 Å². The largest absolute Gasteiger partial charge is 0.545 e. The highest BCUT2D eigenvalue weighted by Gasteiger charge is 2.14.